The molecule has 1 aromatic carbocycles. The zero-order valence-corrected chi connectivity index (χ0v) is 25.7. The number of fused-ring (bicyclic) bond motifs is 1. The number of alkyl halides is 3. The Hall–Kier alpha value is -2.41. The van der Waals surface area contributed by atoms with Gasteiger partial charge in [-0.25, -0.2) is 9.18 Å². The summed E-state index contributed by atoms with van der Waals surface area (Å²) in [6.45, 7) is 10.7. The fraction of sp³-hybridized carbons (Fsp3) is 0.679. The van der Waals surface area contributed by atoms with Crippen molar-refractivity contribution >= 4 is 38.7 Å². The van der Waals surface area contributed by atoms with Crippen LogP contribution in [0.2, 0.25) is 0 Å². The number of hydrogen-bond donors (Lipinski definition) is 0. The fourth-order valence-electron chi connectivity index (χ4n) is 5.93. The zero-order valence-electron chi connectivity index (χ0n) is 24.1. The van der Waals surface area contributed by atoms with Crippen LogP contribution in [0.25, 0.3) is 10.9 Å². The van der Waals surface area contributed by atoms with E-state index in [0.717, 1.165) is 19.0 Å². The minimum atomic E-state index is -4.81. The number of halogens is 5. The third kappa shape index (κ3) is 6.07. The third-order valence-corrected chi connectivity index (χ3v) is 9.04. The zero-order chi connectivity index (χ0) is 30.1. The summed E-state index contributed by atoms with van der Waals surface area (Å²) in [6, 6.07) is 0.181. The quantitative estimate of drug-likeness (QED) is 0.364. The number of ether oxygens (including phenoxy) is 2. The van der Waals surface area contributed by atoms with E-state index in [-0.39, 0.29) is 60.6 Å². The number of aromatic nitrogens is 2. The SMILES string of the molecule is CC1CN(c2nc(OC[C@@H]3CC4(CC4)CN3C)nc3c(F)c(Br)c(C(F)(F)F)cc23)C(C)CN1C(=O)OC(C)(C)C. The Morgan fingerprint density at radius 1 is 1.15 bits per heavy atom. The number of anilines is 1. The van der Waals surface area contributed by atoms with Crippen LogP contribution in [0.1, 0.15) is 59.4 Å². The van der Waals surface area contributed by atoms with E-state index in [1.807, 2.05) is 20.9 Å². The molecule has 5 rings (SSSR count). The van der Waals surface area contributed by atoms with Crippen LogP contribution in [0.15, 0.2) is 10.5 Å². The highest BCUT2D eigenvalue weighted by atomic mass is 79.9. The number of amides is 1. The highest BCUT2D eigenvalue weighted by molar-refractivity contribution is 9.10. The van der Waals surface area contributed by atoms with E-state index >= 15 is 4.39 Å². The summed E-state index contributed by atoms with van der Waals surface area (Å²) in [5.74, 6) is -1.00. The predicted molar refractivity (Wildman–Crippen MR) is 150 cm³/mol. The van der Waals surface area contributed by atoms with E-state index in [9.17, 15) is 18.0 Å². The van der Waals surface area contributed by atoms with Gasteiger partial charge in [0.1, 0.15) is 23.5 Å². The van der Waals surface area contributed by atoms with Gasteiger partial charge in [0.05, 0.1) is 10.0 Å². The summed E-state index contributed by atoms with van der Waals surface area (Å²) < 4.78 is 68.0. The highest BCUT2D eigenvalue weighted by Crippen LogP contribution is 2.54. The summed E-state index contributed by atoms with van der Waals surface area (Å²) in [7, 11) is 2.04. The van der Waals surface area contributed by atoms with E-state index in [1.165, 1.54) is 12.8 Å². The second-order valence-corrected chi connectivity index (χ2v) is 13.6. The lowest BCUT2D eigenvalue weighted by Gasteiger charge is -2.45. The molecule has 2 aromatic rings. The number of likely N-dealkylation sites (tertiary alicyclic amines) is 1. The first-order chi connectivity index (χ1) is 19.0. The van der Waals surface area contributed by atoms with E-state index in [2.05, 4.69) is 30.8 Å². The molecule has 8 nitrogen and oxygen atoms in total. The normalized spacial score (nSPS) is 24.8. The molecule has 0 bridgehead atoms. The summed E-state index contributed by atoms with van der Waals surface area (Å²) in [4.78, 5) is 27.3. The number of piperazine rings is 1. The fourth-order valence-corrected chi connectivity index (χ4v) is 6.46. The van der Waals surface area contributed by atoms with Gasteiger partial charge in [-0.1, -0.05) is 0 Å². The van der Waals surface area contributed by atoms with Gasteiger partial charge < -0.3 is 19.3 Å². The summed E-state index contributed by atoms with van der Waals surface area (Å²) in [5, 5.41) is -0.0786. The highest BCUT2D eigenvalue weighted by Gasteiger charge is 2.51. The number of rotatable bonds is 4. The van der Waals surface area contributed by atoms with Gasteiger partial charge in [-0.15, -0.1) is 0 Å². The predicted octanol–water partition coefficient (Wildman–Crippen LogP) is 6.25. The van der Waals surface area contributed by atoms with Crippen molar-refractivity contribution in [2.45, 2.75) is 83.8 Å². The molecule has 1 amide bonds. The van der Waals surface area contributed by atoms with Crippen molar-refractivity contribution in [1.29, 1.82) is 0 Å². The number of benzene rings is 1. The Kier molecular flexibility index (Phi) is 7.62. The van der Waals surface area contributed by atoms with Crippen LogP contribution in [-0.4, -0.2) is 82.9 Å². The summed E-state index contributed by atoms with van der Waals surface area (Å²) >= 11 is 2.80. The van der Waals surface area contributed by atoms with Gasteiger partial charge in [-0.2, -0.15) is 23.1 Å². The molecule has 2 saturated heterocycles. The number of nitrogens with zero attached hydrogens (tertiary/aromatic N) is 5. The lowest BCUT2D eigenvalue weighted by Crippen LogP contribution is -2.59. The van der Waals surface area contributed by atoms with Crippen LogP contribution in [0.4, 0.5) is 28.2 Å². The number of carbonyl (C=O) groups excluding carboxylic acids is 1. The minimum absolute atomic E-state index is 0.0786. The molecule has 2 aliphatic heterocycles. The van der Waals surface area contributed by atoms with Crippen LogP contribution in [0.3, 0.4) is 0 Å². The maximum atomic E-state index is 15.5. The number of hydrogen-bond acceptors (Lipinski definition) is 7. The first-order valence-electron chi connectivity index (χ1n) is 13.8. The molecular formula is C28H36BrF4N5O3. The maximum absolute atomic E-state index is 15.5. The number of carbonyl (C=O) groups is 1. The van der Waals surface area contributed by atoms with Crippen molar-refractivity contribution in [3.05, 3.63) is 21.9 Å². The van der Waals surface area contributed by atoms with Gasteiger partial charge in [0.25, 0.3) is 0 Å². The van der Waals surface area contributed by atoms with Crippen LogP contribution >= 0.6 is 15.9 Å². The van der Waals surface area contributed by atoms with Crippen LogP contribution in [0, 0.1) is 11.2 Å². The molecule has 1 spiro atoms. The molecule has 1 saturated carbocycles. The molecule has 1 aliphatic carbocycles. The number of likely N-dealkylation sites (N-methyl/N-ethyl adjacent to an activating group) is 1. The third-order valence-electron chi connectivity index (χ3n) is 8.26. The van der Waals surface area contributed by atoms with Gasteiger partial charge in [0.2, 0.25) is 0 Å². The van der Waals surface area contributed by atoms with Crippen molar-refractivity contribution in [2.75, 3.05) is 38.2 Å². The molecule has 3 fully saturated rings. The second kappa shape index (κ2) is 10.4. The second-order valence-electron chi connectivity index (χ2n) is 12.8. The molecule has 3 heterocycles. The lowest BCUT2D eigenvalue weighted by atomic mass is 10.0. The molecule has 3 aliphatic rings. The van der Waals surface area contributed by atoms with Crippen molar-refractivity contribution in [1.82, 2.24) is 19.8 Å². The Bertz CT molecular complexity index is 1350. The molecular weight excluding hydrogens is 610 g/mol. The smallest absolute Gasteiger partial charge is 0.417 e. The minimum Gasteiger partial charge on any atom is -0.462 e. The molecule has 41 heavy (non-hydrogen) atoms. The lowest BCUT2D eigenvalue weighted by molar-refractivity contribution is -0.138. The first kappa shape index (κ1) is 30.1. The molecule has 0 radical (unpaired) electrons. The topological polar surface area (TPSA) is 71.0 Å². The Labute approximate surface area is 245 Å². The molecule has 0 N–H and O–H groups in total. The maximum Gasteiger partial charge on any atom is 0.417 e. The molecule has 2 unspecified atom stereocenters. The molecule has 13 heteroatoms. The molecule has 3 atom stereocenters. The van der Waals surface area contributed by atoms with E-state index in [1.54, 1.807) is 30.6 Å². The van der Waals surface area contributed by atoms with Gasteiger partial charge in [0.15, 0.2) is 5.82 Å². The van der Waals surface area contributed by atoms with Crippen LogP contribution in [-0.2, 0) is 10.9 Å². The first-order valence-corrected chi connectivity index (χ1v) is 14.6. The molecule has 226 valence electrons. The van der Waals surface area contributed by atoms with Crippen molar-refractivity contribution < 1.29 is 31.8 Å². The van der Waals surface area contributed by atoms with E-state index in [0.29, 0.717) is 5.41 Å². The Morgan fingerprint density at radius 2 is 1.83 bits per heavy atom. The van der Waals surface area contributed by atoms with Gasteiger partial charge >= 0.3 is 18.3 Å². The summed E-state index contributed by atoms with van der Waals surface area (Å²) in [5.41, 5.74) is -1.76. The average Bonchev–Trinajstić information content (AvgIpc) is 3.53. The Morgan fingerprint density at radius 3 is 2.41 bits per heavy atom. The van der Waals surface area contributed by atoms with Crippen LogP contribution in [0.5, 0.6) is 6.01 Å². The van der Waals surface area contributed by atoms with Crippen LogP contribution < -0.4 is 9.64 Å². The largest absolute Gasteiger partial charge is 0.462 e. The summed E-state index contributed by atoms with van der Waals surface area (Å²) in [6.07, 6.45) is -1.91. The molecule has 1 aromatic heterocycles. The standard InChI is InChI=1S/C28H36BrF4N5O3/c1-15-12-38(25(39)41-26(3,4)5)16(2)11-37(15)23-18-9-19(28(31,32)33)20(29)21(30)22(18)34-24(35-23)40-13-17-10-27(7-8-27)14-36(17)6/h9,15-17H,7-8,10-14H2,1-6H3/t15?,16?,17-/m0/s1. The van der Waals surface area contributed by atoms with Crippen molar-refractivity contribution in [2.24, 2.45) is 5.41 Å². The average molecular weight is 647 g/mol. The van der Waals surface area contributed by atoms with E-state index in [4.69, 9.17) is 9.47 Å². The van der Waals surface area contributed by atoms with Gasteiger partial charge in [-0.3, -0.25) is 4.90 Å². The van der Waals surface area contributed by atoms with Crippen molar-refractivity contribution in [3.8, 4) is 6.01 Å². The van der Waals surface area contributed by atoms with E-state index < -0.39 is 33.7 Å². The Balaban J connectivity index is 1.51. The van der Waals surface area contributed by atoms with Gasteiger partial charge in [-0.05, 0) is 88.3 Å². The monoisotopic (exact) mass is 645 g/mol. The van der Waals surface area contributed by atoms with Gasteiger partial charge in [0, 0.05) is 43.1 Å². The van der Waals surface area contributed by atoms with Crippen molar-refractivity contribution in [3.63, 3.8) is 0 Å².